The second-order valence-corrected chi connectivity index (χ2v) is 11.0. The highest BCUT2D eigenvalue weighted by Gasteiger charge is 2.24. The van der Waals surface area contributed by atoms with Gasteiger partial charge in [0.2, 0.25) is 0 Å². The number of carbonyl (C=O) groups excluding carboxylic acids is 1. The minimum Gasteiger partial charge on any atom is -0.481 e. The number of carboxylic acid groups (broad SMARTS) is 1. The summed E-state index contributed by atoms with van der Waals surface area (Å²) in [5, 5.41) is 9.50. The van der Waals surface area contributed by atoms with Gasteiger partial charge in [-0.2, -0.15) is 0 Å². The van der Waals surface area contributed by atoms with E-state index >= 15 is 0 Å². The van der Waals surface area contributed by atoms with Crippen LogP contribution in [0.2, 0.25) is 0 Å². The number of unbranched alkanes of at least 4 members (excludes halogenated alkanes) is 23. The number of Topliss-reactive ketones (excluding diaryl/α,β-unsaturated/α-hetero) is 1. The zero-order chi connectivity index (χ0) is 25.8. The number of hydrogen-bond acceptors (Lipinski definition) is 2. The van der Waals surface area contributed by atoms with Crippen LogP contribution in [0.1, 0.15) is 187 Å². The van der Waals surface area contributed by atoms with Crippen molar-refractivity contribution in [2.45, 2.75) is 187 Å². The molecule has 0 aromatic heterocycles. The number of carbonyl (C=O) groups is 2. The number of carboxylic acids is 1. The molecule has 1 unspecified atom stereocenters. The van der Waals surface area contributed by atoms with Crippen LogP contribution in [-0.2, 0) is 9.59 Å². The van der Waals surface area contributed by atoms with Crippen molar-refractivity contribution in [3.8, 4) is 0 Å². The summed E-state index contributed by atoms with van der Waals surface area (Å²) in [6.45, 7) is 4.52. The molecule has 0 spiro atoms. The fraction of sp³-hybridized carbons (Fsp3) is 0.938. The molecule has 3 nitrogen and oxygen atoms in total. The molecular formula is C32H62O3. The van der Waals surface area contributed by atoms with Crippen molar-refractivity contribution in [1.82, 2.24) is 0 Å². The molecule has 208 valence electrons. The first-order valence-electron chi connectivity index (χ1n) is 15.9. The Morgan fingerprint density at radius 3 is 1.06 bits per heavy atom. The van der Waals surface area contributed by atoms with E-state index < -0.39 is 11.9 Å². The lowest BCUT2D eigenvalue weighted by Gasteiger charge is -2.11. The summed E-state index contributed by atoms with van der Waals surface area (Å²) in [5.74, 6) is -1.72. The molecule has 1 atom stereocenters. The van der Waals surface area contributed by atoms with Crippen LogP contribution in [0.5, 0.6) is 0 Å². The van der Waals surface area contributed by atoms with Crippen molar-refractivity contribution in [1.29, 1.82) is 0 Å². The van der Waals surface area contributed by atoms with E-state index in [1.54, 1.807) is 0 Å². The first-order chi connectivity index (χ1) is 17.1. The summed E-state index contributed by atoms with van der Waals surface area (Å²) in [6.07, 6.45) is 32.8. The summed E-state index contributed by atoms with van der Waals surface area (Å²) in [5.41, 5.74) is 0. The maximum Gasteiger partial charge on any atom is 0.314 e. The third-order valence-corrected chi connectivity index (χ3v) is 7.56. The van der Waals surface area contributed by atoms with Gasteiger partial charge < -0.3 is 5.11 Å². The Kier molecular flexibility index (Phi) is 27.0. The maximum absolute atomic E-state index is 12.4. The van der Waals surface area contributed by atoms with Crippen molar-refractivity contribution in [2.75, 3.05) is 0 Å². The molecule has 0 fully saturated rings. The second kappa shape index (κ2) is 27.7. The number of hydrogen-bond donors (Lipinski definition) is 1. The minimum absolute atomic E-state index is 0.0383. The SMILES string of the molecule is CCCCCCCCCCCCCCCC(=O)C(CCCCCCCCCCCCCC)C(=O)O. The predicted octanol–water partition coefficient (Wildman–Crippen LogP) is 10.8. The molecule has 0 aliphatic rings. The van der Waals surface area contributed by atoms with Gasteiger partial charge in [0.15, 0.2) is 0 Å². The van der Waals surface area contributed by atoms with Gasteiger partial charge in [0.05, 0.1) is 0 Å². The average molecular weight is 495 g/mol. The number of ketones is 1. The van der Waals surface area contributed by atoms with Gasteiger partial charge in [0, 0.05) is 6.42 Å². The zero-order valence-electron chi connectivity index (χ0n) is 23.9. The normalized spacial score (nSPS) is 12.2. The molecule has 0 aliphatic carbocycles. The molecule has 35 heavy (non-hydrogen) atoms. The lowest BCUT2D eigenvalue weighted by Crippen LogP contribution is -2.23. The van der Waals surface area contributed by atoms with Gasteiger partial charge in [-0.3, -0.25) is 9.59 Å². The molecule has 0 amide bonds. The Hall–Kier alpha value is -0.860. The highest BCUT2D eigenvalue weighted by atomic mass is 16.4. The van der Waals surface area contributed by atoms with Crippen LogP contribution in [0.15, 0.2) is 0 Å². The lowest BCUT2D eigenvalue weighted by atomic mass is 9.93. The smallest absolute Gasteiger partial charge is 0.314 e. The molecule has 3 heteroatoms. The standard InChI is InChI=1S/C32H62O3/c1-3-5-7-9-11-13-15-17-19-21-23-25-27-29-31(33)30(32(34)35)28-26-24-22-20-18-16-14-12-10-8-6-4-2/h30H,3-29H2,1-2H3,(H,34,35). The molecule has 0 aromatic carbocycles. The van der Waals surface area contributed by atoms with Crippen LogP contribution in [-0.4, -0.2) is 16.9 Å². The Labute approximate surface area is 219 Å². The Balaban J connectivity index is 3.57. The van der Waals surface area contributed by atoms with Gasteiger partial charge in [-0.25, -0.2) is 0 Å². The summed E-state index contributed by atoms with van der Waals surface area (Å²) in [6, 6.07) is 0. The molecule has 0 aliphatic heterocycles. The summed E-state index contributed by atoms with van der Waals surface area (Å²) < 4.78 is 0. The highest BCUT2D eigenvalue weighted by molar-refractivity contribution is 5.98. The van der Waals surface area contributed by atoms with Gasteiger partial charge >= 0.3 is 5.97 Å². The van der Waals surface area contributed by atoms with E-state index in [0.29, 0.717) is 12.8 Å². The van der Waals surface area contributed by atoms with Crippen LogP contribution in [0, 0.1) is 5.92 Å². The Morgan fingerprint density at radius 1 is 0.457 bits per heavy atom. The van der Waals surface area contributed by atoms with Crippen molar-refractivity contribution in [3.63, 3.8) is 0 Å². The van der Waals surface area contributed by atoms with Crippen molar-refractivity contribution in [2.24, 2.45) is 5.92 Å². The van der Waals surface area contributed by atoms with Crippen molar-refractivity contribution >= 4 is 11.8 Å². The Morgan fingerprint density at radius 2 is 0.743 bits per heavy atom. The van der Waals surface area contributed by atoms with Crippen molar-refractivity contribution < 1.29 is 14.7 Å². The monoisotopic (exact) mass is 494 g/mol. The zero-order valence-corrected chi connectivity index (χ0v) is 23.9. The van der Waals surface area contributed by atoms with E-state index in [9.17, 15) is 14.7 Å². The van der Waals surface area contributed by atoms with E-state index in [2.05, 4.69) is 13.8 Å². The lowest BCUT2D eigenvalue weighted by molar-refractivity contribution is -0.146. The fourth-order valence-corrected chi connectivity index (χ4v) is 5.10. The van der Waals surface area contributed by atoms with Gasteiger partial charge in [-0.15, -0.1) is 0 Å². The quantitative estimate of drug-likeness (QED) is 0.0830. The van der Waals surface area contributed by atoms with Gasteiger partial charge in [0.1, 0.15) is 11.7 Å². The molecule has 0 heterocycles. The summed E-state index contributed by atoms with van der Waals surface area (Å²) >= 11 is 0. The van der Waals surface area contributed by atoms with Gasteiger partial charge in [-0.1, -0.05) is 168 Å². The number of rotatable bonds is 29. The van der Waals surface area contributed by atoms with Gasteiger partial charge in [-0.05, 0) is 12.8 Å². The third-order valence-electron chi connectivity index (χ3n) is 7.56. The van der Waals surface area contributed by atoms with Gasteiger partial charge in [0.25, 0.3) is 0 Å². The maximum atomic E-state index is 12.4. The Bertz CT molecular complexity index is 460. The van der Waals surface area contributed by atoms with Crippen LogP contribution < -0.4 is 0 Å². The summed E-state index contributed by atoms with van der Waals surface area (Å²) in [4.78, 5) is 24.0. The molecule has 0 rings (SSSR count). The molecule has 0 saturated heterocycles. The van der Waals surface area contributed by atoms with Crippen molar-refractivity contribution in [3.05, 3.63) is 0 Å². The molecular weight excluding hydrogens is 432 g/mol. The van der Waals surface area contributed by atoms with E-state index in [1.807, 2.05) is 0 Å². The van der Waals surface area contributed by atoms with E-state index in [4.69, 9.17) is 0 Å². The molecule has 0 bridgehead atoms. The van der Waals surface area contributed by atoms with Crippen LogP contribution in [0.4, 0.5) is 0 Å². The first kappa shape index (κ1) is 34.1. The van der Waals surface area contributed by atoms with Crippen LogP contribution in [0.25, 0.3) is 0 Å². The van der Waals surface area contributed by atoms with E-state index in [0.717, 1.165) is 25.7 Å². The second-order valence-electron chi connectivity index (χ2n) is 11.0. The highest BCUT2D eigenvalue weighted by Crippen LogP contribution is 2.18. The molecule has 0 aromatic rings. The third kappa shape index (κ3) is 24.6. The van der Waals surface area contributed by atoms with E-state index in [-0.39, 0.29) is 5.78 Å². The molecule has 0 radical (unpaired) electrons. The van der Waals surface area contributed by atoms with Crippen LogP contribution in [0.3, 0.4) is 0 Å². The topological polar surface area (TPSA) is 54.4 Å². The first-order valence-corrected chi connectivity index (χ1v) is 15.9. The number of aliphatic carboxylic acids is 1. The van der Waals surface area contributed by atoms with E-state index in [1.165, 1.54) is 135 Å². The molecule has 1 N–H and O–H groups in total. The fourth-order valence-electron chi connectivity index (χ4n) is 5.10. The molecule has 0 saturated carbocycles. The average Bonchev–Trinajstić information content (AvgIpc) is 2.84. The predicted molar refractivity (Wildman–Crippen MR) is 152 cm³/mol. The minimum atomic E-state index is -0.909. The summed E-state index contributed by atoms with van der Waals surface area (Å²) in [7, 11) is 0. The van der Waals surface area contributed by atoms with Crippen LogP contribution >= 0.6 is 0 Å². The largest absolute Gasteiger partial charge is 0.481 e.